The minimum absolute atomic E-state index is 0.196. The standard InChI is InChI=1S/C12H22N2O/c1-10(9-12(15)14(2)3)13-11-7-5-4-6-8-11/h4-5,10-11,13H,6-9H2,1-3H3. The van der Waals surface area contributed by atoms with Gasteiger partial charge in [0.25, 0.3) is 0 Å². The van der Waals surface area contributed by atoms with E-state index in [0.717, 1.165) is 12.8 Å². The fraction of sp³-hybridized carbons (Fsp3) is 0.750. The highest BCUT2D eigenvalue weighted by Crippen LogP contribution is 2.11. The summed E-state index contributed by atoms with van der Waals surface area (Å²) in [5.74, 6) is 0.196. The summed E-state index contributed by atoms with van der Waals surface area (Å²) in [4.78, 5) is 13.1. The smallest absolute Gasteiger partial charge is 0.223 e. The summed E-state index contributed by atoms with van der Waals surface area (Å²) in [6.07, 6.45) is 8.49. The van der Waals surface area contributed by atoms with E-state index in [9.17, 15) is 4.79 Å². The van der Waals surface area contributed by atoms with Gasteiger partial charge in [-0.15, -0.1) is 0 Å². The molecule has 2 unspecified atom stereocenters. The molecule has 1 aliphatic carbocycles. The Morgan fingerprint density at radius 2 is 2.27 bits per heavy atom. The van der Waals surface area contributed by atoms with E-state index in [0.29, 0.717) is 12.5 Å². The van der Waals surface area contributed by atoms with Gasteiger partial charge in [0.15, 0.2) is 0 Å². The van der Waals surface area contributed by atoms with E-state index < -0.39 is 0 Å². The quantitative estimate of drug-likeness (QED) is 0.714. The van der Waals surface area contributed by atoms with Crippen molar-refractivity contribution in [2.75, 3.05) is 14.1 Å². The van der Waals surface area contributed by atoms with Gasteiger partial charge in [-0.3, -0.25) is 4.79 Å². The van der Waals surface area contributed by atoms with Crippen LogP contribution in [0.15, 0.2) is 12.2 Å². The fourth-order valence-corrected chi connectivity index (χ4v) is 1.85. The lowest BCUT2D eigenvalue weighted by atomic mass is 10.0. The molecule has 0 heterocycles. The number of allylic oxidation sites excluding steroid dienone is 1. The van der Waals surface area contributed by atoms with Crippen molar-refractivity contribution in [1.29, 1.82) is 0 Å². The molecule has 0 fully saturated rings. The molecule has 1 aliphatic rings. The molecular formula is C12H22N2O. The van der Waals surface area contributed by atoms with Gasteiger partial charge in [-0.1, -0.05) is 12.2 Å². The maximum absolute atomic E-state index is 11.5. The van der Waals surface area contributed by atoms with Crippen LogP contribution >= 0.6 is 0 Å². The van der Waals surface area contributed by atoms with Crippen LogP contribution in [0.4, 0.5) is 0 Å². The zero-order valence-electron chi connectivity index (χ0n) is 9.99. The molecule has 0 radical (unpaired) electrons. The van der Waals surface area contributed by atoms with Gasteiger partial charge in [-0.05, 0) is 26.2 Å². The molecule has 0 aromatic rings. The molecule has 3 nitrogen and oxygen atoms in total. The maximum Gasteiger partial charge on any atom is 0.223 e. The van der Waals surface area contributed by atoms with Crippen LogP contribution in [-0.2, 0) is 4.79 Å². The van der Waals surface area contributed by atoms with Gasteiger partial charge in [0.2, 0.25) is 5.91 Å². The first kappa shape index (κ1) is 12.2. The Morgan fingerprint density at radius 3 is 2.80 bits per heavy atom. The summed E-state index contributed by atoms with van der Waals surface area (Å²) in [5, 5.41) is 3.51. The largest absolute Gasteiger partial charge is 0.349 e. The lowest BCUT2D eigenvalue weighted by Crippen LogP contribution is -2.40. The van der Waals surface area contributed by atoms with Crippen molar-refractivity contribution in [2.24, 2.45) is 0 Å². The van der Waals surface area contributed by atoms with Crippen molar-refractivity contribution in [3.63, 3.8) is 0 Å². The number of hydrogen-bond donors (Lipinski definition) is 1. The van der Waals surface area contributed by atoms with E-state index in [1.54, 1.807) is 19.0 Å². The van der Waals surface area contributed by atoms with E-state index in [4.69, 9.17) is 0 Å². The van der Waals surface area contributed by atoms with E-state index in [1.807, 2.05) is 0 Å². The van der Waals surface area contributed by atoms with Crippen molar-refractivity contribution in [3.05, 3.63) is 12.2 Å². The molecule has 15 heavy (non-hydrogen) atoms. The van der Waals surface area contributed by atoms with Crippen LogP contribution in [0.1, 0.15) is 32.6 Å². The summed E-state index contributed by atoms with van der Waals surface area (Å²) in [7, 11) is 3.61. The van der Waals surface area contributed by atoms with Gasteiger partial charge in [-0.25, -0.2) is 0 Å². The number of nitrogens with zero attached hydrogens (tertiary/aromatic N) is 1. The molecule has 2 atom stereocenters. The molecule has 1 amide bonds. The number of amides is 1. The molecule has 0 bridgehead atoms. The molecule has 0 saturated carbocycles. The first-order valence-electron chi connectivity index (χ1n) is 5.70. The zero-order valence-corrected chi connectivity index (χ0v) is 9.99. The lowest BCUT2D eigenvalue weighted by molar-refractivity contribution is -0.129. The monoisotopic (exact) mass is 210 g/mol. The minimum atomic E-state index is 0.196. The summed E-state index contributed by atoms with van der Waals surface area (Å²) in [6.45, 7) is 2.08. The van der Waals surface area contributed by atoms with Crippen LogP contribution in [0.3, 0.4) is 0 Å². The molecule has 0 aromatic heterocycles. The third-order valence-electron chi connectivity index (χ3n) is 2.77. The van der Waals surface area contributed by atoms with Gasteiger partial charge in [0.1, 0.15) is 0 Å². The van der Waals surface area contributed by atoms with Gasteiger partial charge >= 0.3 is 0 Å². The second-order valence-electron chi connectivity index (χ2n) is 4.54. The summed E-state index contributed by atoms with van der Waals surface area (Å²) >= 11 is 0. The molecule has 86 valence electrons. The minimum Gasteiger partial charge on any atom is -0.349 e. The van der Waals surface area contributed by atoms with E-state index in [1.165, 1.54) is 6.42 Å². The predicted molar refractivity (Wildman–Crippen MR) is 62.7 cm³/mol. The zero-order chi connectivity index (χ0) is 11.3. The van der Waals surface area contributed by atoms with Crippen molar-refractivity contribution >= 4 is 5.91 Å². The highest BCUT2D eigenvalue weighted by molar-refractivity contribution is 5.76. The Hall–Kier alpha value is -0.830. The molecule has 1 rings (SSSR count). The first-order chi connectivity index (χ1) is 7.09. The summed E-state index contributed by atoms with van der Waals surface area (Å²) in [6, 6.07) is 0.830. The highest BCUT2D eigenvalue weighted by atomic mass is 16.2. The first-order valence-corrected chi connectivity index (χ1v) is 5.70. The maximum atomic E-state index is 11.5. The number of rotatable bonds is 4. The number of carbonyl (C=O) groups is 1. The molecule has 0 aromatic carbocycles. The van der Waals surface area contributed by atoms with Gasteiger partial charge < -0.3 is 10.2 Å². The van der Waals surface area contributed by atoms with Crippen LogP contribution in [0.2, 0.25) is 0 Å². The van der Waals surface area contributed by atoms with Gasteiger partial charge in [0.05, 0.1) is 0 Å². The second-order valence-corrected chi connectivity index (χ2v) is 4.54. The van der Waals surface area contributed by atoms with Crippen LogP contribution < -0.4 is 5.32 Å². The van der Waals surface area contributed by atoms with Gasteiger partial charge in [0, 0.05) is 32.6 Å². The molecule has 3 heteroatoms. The Kier molecular flexibility index (Phi) is 4.82. The average molecular weight is 210 g/mol. The normalized spacial score (nSPS) is 22.5. The Bertz CT molecular complexity index is 236. The van der Waals surface area contributed by atoms with Crippen molar-refractivity contribution in [3.8, 4) is 0 Å². The van der Waals surface area contributed by atoms with E-state index in [-0.39, 0.29) is 11.9 Å². The van der Waals surface area contributed by atoms with Gasteiger partial charge in [-0.2, -0.15) is 0 Å². The molecule has 0 spiro atoms. The lowest BCUT2D eigenvalue weighted by Gasteiger charge is -2.24. The third kappa shape index (κ3) is 4.47. The van der Waals surface area contributed by atoms with Crippen LogP contribution in [-0.4, -0.2) is 37.0 Å². The molecule has 1 N–H and O–H groups in total. The van der Waals surface area contributed by atoms with Crippen LogP contribution in [0, 0.1) is 0 Å². The Balaban J connectivity index is 2.26. The number of hydrogen-bond acceptors (Lipinski definition) is 2. The fourth-order valence-electron chi connectivity index (χ4n) is 1.85. The number of nitrogens with one attached hydrogen (secondary N) is 1. The Morgan fingerprint density at radius 1 is 1.53 bits per heavy atom. The van der Waals surface area contributed by atoms with Crippen LogP contribution in [0.5, 0.6) is 0 Å². The molecular weight excluding hydrogens is 188 g/mol. The van der Waals surface area contributed by atoms with Crippen LogP contribution in [0.25, 0.3) is 0 Å². The second kappa shape index (κ2) is 5.91. The number of carbonyl (C=O) groups excluding carboxylic acids is 1. The average Bonchev–Trinajstić information content (AvgIpc) is 2.18. The van der Waals surface area contributed by atoms with E-state index in [2.05, 4.69) is 24.4 Å². The predicted octanol–water partition coefficient (Wildman–Crippen LogP) is 1.55. The highest BCUT2D eigenvalue weighted by Gasteiger charge is 2.15. The Labute approximate surface area is 92.5 Å². The van der Waals surface area contributed by atoms with Crippen molar-refractivity contribution < 1.29 is 4.79 Å². The SMILES string of the molecule is CC(CC(=O)N(C)C)NC1CC=CCC1. The van der Waals surface area contributed by atoms with Crippen molar-refractivity contribution in [1.82, 2.24) is 10.2 Å². The molecule has 0 saturated heterocycles. The van der Waals surface area contributed by atoms with Crippen molar-refractivity contribution in [2.45, 2.75) is 44.7 Å². The van der Waals surface area contributed by atoms with E-state index >= 15 is 0 Å². The summed E-state index contributed by atoms with van der Waals surface area (Å²) < 4.78 is 0. The molecule has 0 aliphatic heterocycles. The topological polar surface area (TPSA) is 32.3 Å². The third-order valence-corrected chi connectivity index (χ3v) is 2.77. The summed E-state index contributed by atoms with van der Waals surface area (Å²) in [5.41, 5.74) is 0.